The van der Waals surface area contributed by atoms with E-state index in [0.717, 1.165) is 18.4 Å². The molecule has 4 rings (SSSR count). The van der Waals surface area contributed by atoms with Crippen LogP contribution in [0.4, 0.5) is 0 Å². The van der Waals surface area contributed by atoms with Gasteiger partial charge in [0.25, 0.3) is 0 Å². The molecule has 1 fully saturated rings. The SMILES string of the molecule is CCC1(CC)CC(=O)N(C(CCOC)C2CC2C(=O)NC2CC(C)(C)Oc3cc(Cl)ccc32)C(N)=N1. The predicted molar refractivity (Wildman–Crippen MR) is 140 cm³/mol. The second-order valence-corrected chi connectivity index (χ2v) is 11.4. The predicted octanol–water partition coefficient (Wildman–Crippen LogP) is 4.21. The Hall–Kier alpha value is -2.32. The summed E-state index contributed by atoms with van der Waals surface area (Å²) >= 11 is 6.18. The Balaban J connectivity index is 1.51. The number of fused-ring (bicyclic) bond motifs is 1. The van der Waals surface area contributed by atoms with Crippen LogP contribution in [0.15, 0.2) is 23.2 Å². The van der Waals surface area contributed by atoms with Gasteiger partial charge in [0, 0.05) is 42.7 Å². The second-order valence-electron chi connectivity index (χ2n) is 11.0. The number of ether oxygens (including phenoxy) is 2. The van der Waals surface area contributed by atoms with Crippen LogP contribution in [-0.2, 0) is 14.3 Å². The maximum atomic E-state index is 13.4. The van der Waals surface area contributed by atoms with Crippen molar-refractivity contribution >= 4 is 29.4 Å². The van der Waals surface area contributed by atoms with E-state index in [9.17, 15) is 9.59 Å². The Morgan fingerprint density at radius 3 is 2.72 bits per heavy atom. The molecule has 0 spiro atoms. The van der Waals surface area contributed by atoms with Crippen molar-refractivity contribution in [3.63, 3.8) is 0 Å². The number of hydrogen-bond donors (Lipinski definition) is 2. The highest BCUT2D eigenvalue weighted by Crippen LogP contribution is 2.47. The highest BCUT2D eigenvalue weighted by atomic mass is 35.5. The fourth-order valence-corrected chi connectivity index (χ4v) is 5.95. The van der Waals surface area contributed by atoms with Gasteiger partial charge in [-0.25, -0.2) is 4.99 Å². The molecule has 1 aliphatic carbocycles. The third-order valence-corrected chi connectivity index (χ3v) is 8.27. The molecule has 2 aliphatic heterocycles. The van der Waals surface area contributed by atoms with Crippen molar-refractivity contribution in [2.24, 2.45) is 22.6 Å². The number of aliphatic imine (C=N–C) groups is 1. The maximum absolute atomic E-state index is 13.4. The lowest BCUT2D eigenvalue weighted by Gasteiger charge is -2.40. The lowest BCUT2D eigenvalue weighted by molar-refractivity contribution is -0.133. The van der Waals surface area contributed by atoms with Gasteiger partial charge in [-0.1, -0.05) is 31.5 Å². The molecule has 1 saturated carbocycles. The van der Waals surface area contributed by atoms with E-state index in [1.807, 2.05) is 39.8 Å². The van der Waals surface area contributed by atoms with Crippen molar-refractivity contribution in [2.45, 2.75) is 89.4 Å². The number of nitrogens with two attached hydrogens (primary N) is 1. The molecule has 2 amide bonds. The van der Waals surface area contributed by atoms with E-state index in [2.05, 4.69) is 5.32 Å². The summed E-state index contributed by atoms with van der Waals surface area (Å²) in [4.78, 5) is 33.1. The number of rotatable bonds is 9. The average Bonchev–Trinajstić information content (AvgIpc) is 3.60. The summed E-state index contributed by atoms with van der Waals surface area (Å²) in [5.41, 5.74) is 6.45. The minimum Gasteiger partial charge on any atom is -0.487 e. The lowest BCUT2D eigenvalue weighted by Crippen LogP contribution is -2.56. The summed E-state index contributed by atoms with van der Waals surface area (Å²) in [5.74, 6) is 0.744. The fraction of sp³-hybridized carbons (Fsp3) is 0.667. The molecule has 3 aliphatic rings. The van der Waals surface area contributed by atoms with Gasteiger partial charge in [0.05, 0.1) is 18.0 Å². The zero-order valence-corrected chi connectivity index (χ0v) is 22.7. The van der Waals surface area contributed by atoms with Crippen LogP contribution < -0.4 is 15.8 Å². The first-order valence-electron chi connectivity index (χ1n) is 13.0. The molecule has 4 atom stereocenters. The van der Waals surface area contributed by atoms with E-state index in [1.165, 1.54) is 0 Å². The van der Waals surface area contributed by atoms with E-state index in [1.54, 1.807) is 18.1 Å². The molecule has 0 saturated heterocycles. The highest BCUT2D eigenvalue weighted by molar-refractivity contribution is 6.30. The van der Waals surface area contributed by atoms with Crippen LogP contribution in [0.5, 0.6) is 5.75 Å². The first kappa shape index (κ1) is 26.7. The number of carbonyl (C=O) groups excluding carboxylic acids is 2. The van der Waals surface area contributed by atoms with Crippen molar-refractivity contribution in [3.05, 3.63) is 28.8 Å². The van der Waals surface area contributed by atoms with Crippen molar-refractivity contribution in [1.29, 1.82) is 0 Å². The molecule has 0 bridgehead atoms. The van der Waals surface area contributed by atoms with Gasteiger partial charge in [-0.05, 0) is 57.6 Å². The fourth-order valence-electron chi connectivity index (χ4n) is 5.79. The average molecular weight is 519 g/mol. The molecule has 36 heavy (non-hydrogen) atoms. The molecular weight excluding hydrogens is 480 g/mol. The number of nitrogens with zero attached hydrogens (tertiary/aromatic N) is 2. The third-order valence-electron chi connectivity index (χ3n) is 8.03. The number of carbonyl (C=O) groups is 2. The Morgan fingerprint density at radius 2 is 2.08 bits per heavy atom. The summed E-state index contributed by atoms with van der Waals surface area (Å²) in [6, 6.07) is 5.14. The van der Waals surface area contributed by atoms with Gasteiger partial charge in [0.15, 0.2) is 5.96 Å². The minimum atomic E-state index is -0.435. The number of amides is 2. The Kier molecular flexibility index (Phi) is 7.58. The smallest absolute Gasteiger partial charge is 0.231 e. The van der Waals surface area contributed by atoms with E-state index in [-0.39, 0.29) is 41.7 Å². The Bertz CT molecular complexity index is 1040. The molecule has 4 unspecified atom stereocenters. The summed E-state index contributed by atoms with van der Waals surface area (Å²) < 4.78 is 11.4. The largest absolute Gasteiger partial charge is 0.487 e. The van der Waals surface area contributed by atoms with Gasteiger partial charge in [-0.15, -0.1) is 0 Å². The van der Waals surface area contributed by atoms with E-state index >= 15 is 0 Å². The maximum Gasteiger partial charge on any atom is 0.231 e. The lowest BCUT2D eigenvalue weighted by atomic mass is 9.87. The Morgan fingerprint density at radius 1 is 1.36 bits per heavy atom. The van der Waals surface area contributed by atoms with Gasteiger partial charge >= 0.3 is 0 Å². The van der Waals surface area contributed by atoms with E-state index < -0.39 is 11.1 Å². The van der Waals surface area contributed by atoms with E-state index in [4.69, 9.17) is 31.8 Å². The number of hydrogen-bond acceptors (Lipinski definition) is 6. The van der Waals surface area contributed by atoms with Gasteiger partial charge in [0.1, 0.15) is 11.4 Å². The molecule has 2 heterocycles. The molecule has 0 aromatic heterocycles. The van der Waals surface area contributed by atoms with Crippen LogP contribution >= 0.6 is 11.6 Å². The summed E-state index contributed by atoms with van der Waals surface area (Å²) in [7, 11) is 1.64. The number of methoxy groups -OCH3 is 1. The molecule has 3 N–H and O–H groups in total. The molecule has 1 aromatic carbocycles. The number of benzene rings is 1. The standard InChI is InChI=1S/C27H39ClN4O4/c1-6-27(7-2)15-23(33)32(25(29)31-27)21(10-11-35-5)18-13-19(18)24(34)30-20-14-26(3,4)36-22-12-16(28)8-9-17(20)22/h8-9,12,18-21H,6-7,10-11,13-15H2,1-5H3,(H2,29,31)(H,30,34). The first-order valence-corrected chi connectivity index (χ1v) is 13.4. The quantitative estimate of drug-likeness (QED) is 0.509. The van der Waals surface area contributed by atoms with Crippen molar-refractivity contribution in [2.75, 3.05) is 13.7 Å². The molecule has 1 aromatic rings. The normalized spacial score (nSPS) is 26.9. The zero-order valence-electron chi connectivity index (χ0n) is 22.0. The van der Waals surface area contributed by atoms with Gasteiger partial charge in [0.2, 0.25) is 11.8 Å². The monoisotopic (exact) mass is 518 g/mol. The summed E-state index contributed by atoms with van der Waals surface area (Å²) in [5, 5.41) is 3.85. The molecular formula is C27H39ClN4O4. The van der Waals surface area contributed by atoms with Crippen molar-refractivity contribution < 1.29 is 19.1 Å². The van der Waals surface area contributed by atoms with Gasteiger partial charge in [-0.2, -0.15) is 0 Å². The topological polar surface area (TPSA) is 106 Å². The third kappa shape index (κ3) is 5.35. The van der Waals surface area contributed by atoms with Crippen LogP contribution in [0.3, 0.4) is 0 Å². The van der Waals surface area contributed by atoms with Gasteiger partial charge < -0.3 is 20.5 Å². The Labute approximate surface area is 218 Å². The van der Waals surface area contributed by atoms with Gasteiger partial charge in [-0.3, -0.25) is 14.5 Å². The van der Waals surface area contributed by atoms with Crippen LogP contribution in [0.25, 0.3) is 0 Å². The molecule has 8 nitrogen and oxygen atoms in total. The molecule has 198 valence electrons. The van der Waals surface area contributed by atoms with Crippen molar-refractivity contribution in [1.82, 2.24) is 10.2 Å². The second kappa shape index (κ2) is 10.2. The number of guanidine groups is 1. The van der Waals surface area contributed by atoms with Crippen LogP contribution in [-0.4, -0.2) is 53.6 Å². The first-order chi connectivity index (χ1) is 17.0. The highest BCUT2D eigenvalue weighted by Gasteiger charge is 2.53. The van der Waals surface area contributed by atoms with Crippen molar-refractivity contribution in [3.8, 4) is 5.75 Å². The molecule has 0 radical (unpaired) electrons. The van der Waals surface area contributed by atoms with E-state index in [0.29, 0.717) is 43.1 Å². The van der Waals surface area contributed by atoms with Crippen LogP contribution in [0, 0.1) is 11.8 Å². The van der Waals surface area contributed by atoms with Crippen LogP contribution in [0.2, 0.25) is 5.02 Å². The number of nitrogens with one attached hydrogen (secondary N) is 1. The minimum absolute atomic E-state index is 0.00569. The summed E-state index contributed by atoms with van der Waals surface area (Å²) in [6.07, 6.45) is 3.81. The molecule has 9 heteroatoms. The summed E-state index contributed by atoms with van der Waals surface area (Å²) in [6.45, 7) is 8.57. The number of halogens is 1. The zero-order chi connectivity index (χ0) is 26.3. The van der Waals surface area contributed by atoms with Crippen LogP contribution in [0.1, 0.15) is 77.8 Å².